The van der Waals surface area contributed by atoms with Gasteiger partial charge in [-0.05, 0) is 43.3 Å². The number of para-hydroxylation sites is 3. The summed E-state index contributed by atoms with van der Waals surface area (Å²) >= 11 is 0. The summed E-state index contributed by atoms with van der Waals surface area (Å²) in [5, 5.41) is 2.76. The molecule has 0 aromatic heterocycles. The fourth-order valence-corrected chi connectivity index (χ4v) is 4.85. The minimum absolute atomic E-state index is 0.126. The van der Waals surface area contributed by atoms with Gasteiger partial charge in [0.1, 0.15) is 18.1 Å². The zero-order chi connectivity index (χ0) is 22.6. The number of fused-ring (bicyclic) bond motifs is 1. The topological polar surface area (TPSA) is 84.9 Å². The predicted octanol–water partition coefficient (Wildman–Crippen LogP) is 3.15. The van der Waals surface area contributed by atoms with E-state index in [0.717, 1.165) is 5.56 Å². The minimum atomic E-state index is -3.87. The highest BCUT2D eigenvalue weighted by atomic mass is 32.2. The molecule has 0 aliphatic carbocycles. The lowest BCUT2D eigenvalue weighted by Gasteiger charge is -2.34. The molecule has 32 heavy (non-hydrogen) atoms. The van der Waals surface area contributed by atoms with Crippen molar-refractivity contribution in [3.8, 4) is 11.5 Å². The fraction of sp³-hybridized carbons (Fsp3) is 0.208. The predicted molar refractivity (Wildman–Crippen MR) is 122 cm³/mol. The second-order valence-corrected chi connectivity index (χ2v) is 9.24. The van der Waals surface area contributed by atoms with E-state index in [1.807, 2.05) is 37.3 Å². The number of benzene rings is 3. The number of nitrogens with zero attached hydrogens (tertiary/aromatic N) is 1. The Labute approximate surface area is 187 Å². The molecule has 1 aliphatic rings. The largest absolute Gasteiger partial charge is 0.492 e. The van der Waals surface area contributed by atoms with E-state index in [1.54, 1.807) is 48.5 Å². The van der Waals surface area contributed by atoms with Gasteiger partial charge in [0.2, 0.25) is 0 Å². The van der Waals surface area contributed by atoms with Gasteiger partial charge in [-0.2, -0.15) is 0 Å². The molecule has 7 nitrogen and oxygen atoms in total. The van der Waals surface area contributed by atoms with Gasteiger partial charge in [0, 0.05) is 0 Å². The van der Waals surface area contributed by atoms with Crippen LogP contribution in [0.1, 0.15) is 5.56 Å². The van der Waals surface area contributed by atoms with Gasteiger partial charge < -0.3 is 14.8 Å². The average Bonchev–Trinajstić information content (AvgIpc) is 2.82. The van der Waals surface area contributed by atoms with Gasteiger partial charge in [-0.15, -0.1) is 0 Å². The van der Waals surface area contributed by atoms with Crippen molar-refractivity contribution in [3.63, 3.8) is 0 Å². The molecule has 0 bridgehead atoms. The second-order valence-electron chi connectivity index (χ2n) is 7.38. The van der Waals surface area contributed by atoms with Gasteiger partial charge in [-0.1, -0.05) is 48.0 Å². The Morgan fingerprint density at radius 2 is 1.72 bits per heavy atom. The van der Waals surface area contributed by atoms with Gasteiger partial charge in [0.15, 0.2) is 6.10 Å². The Morgan fingerprint density at radius 3 is 2.47 bits per heavy atom. The third-order valence-corrected chi connectivity index (χ3v) is 6.84. The number of rotatable bonds is 7. The Hall–Kier alpha value is -3.52. The smallest absolute Gasteiger partial charge is 0.264 e. The lowest BCUT2D eigenvalue weighted by atomic mass is 10.2. The number of aryl methyl sites for hydroxylation is 1. The molecule has 166 valence electrons. The van der Waals surface area contributed by atoms with Crippen molar-refractivity contribution in [2.24, 2.45) is 0 Å². The first-order chi connectivity index (χ1) is 15.4. The van der Waals surface area contributed by atoms with E-state index in [1.165, 1.54) is 4.31 Å². The van der Waals surface area contributed by atoms with Gasteiger partial charge in [0.05, 0.1) is 23.7 Å². The zero-order valence-corrected chi connectivity index (χ0v) is 18.4. The highest BCUT2D eigenvalue weighted by Crippen LogP contribution is 2.36. The third kappa shape index (κ3) is 4.70. The van der Waals surface area contributed by atoms with Gasteiger partial charge in [-0.25, -0.2) is 8.42 Å². The van der Waals surface area contributed by atoms with E-state index < -0.39 is 22.0 Å². The maximum atomic E-state index is 13.4. The average molecular weight is 453 g/mol. The molecule has 1 atom stereocenters. The van der Waals surface area contributed by atoms with Crippen LogP contribution in [-0.2, 0) is 14.8 Å². The molecular formula is C24H24N2O5S. The van der Waals surface area contributed by atoms with E-state index in [4.69, 9.17) is 9.47 Å². The summed E-state index contributed by atoms with van der Waals surface area (Å²) in [7, 11) is -3.87. The van der Waals surface area contributed by atoms with Crippen molar-refractivity contribution in [2.75, 3.05) is 24.0 Å². The number of hydrogen-bond donors (Lipinski definition) is 1. The molecule has 0 fully saturated rings. The highest BCUT2D eigenvalue weighted by molar-refractivity contribution is 7.92. The Balaban J connectivity index is 1.48. The third-order valence-electron chi connectivity index (χ3n) is 5.05. The van der Waals surface area contributed by atoms with Crippen molar-refractivity contribution >= 4 is 21.6 Å². The monoisotopic (exact) mass is 452 g/mol. The summed E-state index contributed by atoms with van der Waals surface area (Å²) in [5.74, 6) is 0.648. The number of ether oxygens (including phenoxy) is 2. The van der Waals surface area contributed by atoms with Crippen LogP contribution in [0.4, 0.5) is 5.69 Å². The fourth-order valence-electron chi connectivity index (χ4n) is 3.38. The van der Waals surface area contributed by atoms with Crippen molar-refractivity contribution in [2.45, 2.75) is 17.9 Å². The molecule has 1 N–H and O–H groups in total. The molecular weight excluding hydrogens is 428 g/mol. The number of hydrogen-bond acceptors (Lipinski definition) is 5. The second kappa shape index (κ2) is 9.32. The molecule has 0 radical (unpaired) electrons. The number of anilines is 1. The summed E-state index contributed by atoms with van der Waals surface area (Å²) in [4.78, 5) is 12.9. The summed E-state index contributed by atoms with van der Waals surface area (Å²) in [6.07, 6.45) is -0.984. The van der Waals surface area contributed by atoms with Crippen molar-refractivity contribution in [1.29, 1.82) is 0 Å². The van der Waals surface area contributed by atoms with E-state index in [-0.39, 0.29) is 24.6 Å². The van der Waals surface area contributed by atoms with Crippen LogP contribution in [0.5, 0.6) is 11.5 Å². The lowest BCUT2D eigenvalue weighted by molar-refractivity contribution is -0.127. The minimum Gasteiger partial charge on any atom is -0.492 e. The molecule has 1 aliphatic heterocycles. The first-order valence-electron chi connectivity index (χ1n) is 10.3. The zero-order valence-electron chi connectivity index (χ0n) is 17.6. The number of carbonyl (C=O) groups excluding carboxylic acids is 1. The molecule has 3 aromatic rings. The van der Waals surface area contributed by atoms with E-state index in [0.29, 0.717) is 17.2 Å². The van der Waals surface area contributed by atoms with E-state index in [2.05, 4.69) is 5.32 Å². The van der Waals surface area contributed by atoms with Crippen LogP contribution in [0.25, 0.3) is 0 Å². The maximum absolute atomic E-state index is 13.4. The number of sulfonamides is 1. The van der Waals surface area contributed by atoms with Crippen LogP contribution in [0, 0.1) is 6.92 Å². The quantitative estimate of drug-likeness (QED) is 0.557. The Bertz CT molecular complexity index is 1180. The van der Waals surface area contributed by atoms with Crippen molar-refractivity contribution in [1.82, 2.24) is 5.32 Å². The number of carbonyl (C=O) groups is 1. The molecule has 3 aromatic carbocycles. The van der Waals surface area contributed by atoms with Crippen LogP contribution in [0.15, 0.2) is 83.8 Å². The normalized spacial score (nSPS) is 15.4. The lowest BCUT2D eigenvalue weighted by Crippen LogP contribution is -2.51. The molecule has 0 spiro atoms. The number of nitrogens with one attached hydrogen (secondary N) is 1. The van der Waals surface area contributed by atoms with Crippen molar-refractivity contribution < 1.29 is 22.7 Å². The van der Waals surface area contributed by atoms with Crippen molar-refractivity contribution in [3.05, 3.63) is 84.4 Å². The standard InChI is InChI=1S/C24H24N2O5S/c1-18-11-13-20(14-12-18)32(28,29)26-17-23(31-22-10-6-5-9-21(22)26)24(27)25-15-16-30-19-7-3-2-4-8-19/h2-14,23H,15-17H2,1H3,(H,25,27)/t23-/m0/s1. The molecule has 4 rings (SSSR count). The molecule has 8 heteroatoms. The van der Waals surface area contributed by atoms with Crippen LogP contribution in [-0.4, -0.2) is 40.1 Å². The molecule has 0 saturated heterocycles. The summed E-state index contributed by atoms with van der Waals surface area (Å²) in [6, 6.07) is 22.7. The first-order valence-corrected chi connectivity index (χ1v) is 11.7. The van der Waals surface area contributed by atoms with Gasteiger partial charge in [0.25, 0.3) is 15.9 Å². The van der Waals surface area contributed by atoms with Gasteiger partial charge in [-0.3, -0.25) is 9.10 Å². The van der Waals surface area contributed by atoms with Gasteiger partial charge >= 0.3 is 0 Å². The SMILES string of the molecule is Cc1ccc(S(=O)(=O)N2C[C@@H](C(=O)NCCOc3ccccc3)Oc3ccccc32)cc1. The Morgan fingerprint density at radius 1 is 1.03 bits per heavy atom. The van der Waals surface area contributed by atoms with E-state index >= 15 is 0 Å². The molecule has 1 heterocycles. The summed E-state index contributed by atoms with van der Waals surface area (Å²) < 4.78 is 39.4. The molecule has 0 saturated carbocycles. The highest BCUT2D eigenvalue weighted by Gasteiger charge is 2.37. The van der Waals surface area contributed by atoms with Crippen LogP contribution >= 0.6 is 0 Å². The number of amides is 1. The Kier molecular flexibility index (Phi) is 6.32. The maximum Gasteiger partial charge on any atom is 0.264 e. The van der Waals surface area contributed by atoms with Crippen LogP contribution in [0.2, 0.25) is 0 Å². The van der Waals surface area contributed by atoms with Crippen LogP contribution < -0.4 is 19.1 Å². The summed E-state index contributed by atoms with van der Waals surface area (Å²) in [6.45, 7) is 2.31. The first kappa shape index (κ1) is 21.7. The molecule has 0 unspecified atom stereocenters. The molecule has 1 amide bonds. The van der Waals surface area contributed by atoms with E-state index in [9.17, 15) is 13.2 Å². The summed E-state index contributed by atoms with van der Waals surface area (Å²) in [5.41, 5.74) is 1.37. The van der Waals surface area contributed by atoms with Crippen LogP contribution in [0.3, 0.4) is 0 Å².